The van der Waals surface area contributed by atoms with E-state index in [0.717, 1.165) is 49.1 Å². The van der Waals surface area contributed by atoms with E-state index in [1.807, 2.05) is 0 Å². The van der Waals surface area contributed by atoms with Crippen molar-refractivity contribution in [2.24, 2.45) is 5.92 Å². The van der Waals surface area contributed by atoms with Gasteiger partial charge >= 0.3 is 0 Å². The van der Waals surface area contributed by atoms with E-state index in [0.29, 0.717) is 28.4 Å². The first kappa shape index (κ1) is 20.3. The van der Waals surface area contributed by atoms with Gasteiger partial charge in [0, 0.05) is 11.4 Å². The van der Waals surface area contributed by atoms with Crippen LogP contribution in [-0.2, 0) is 27.7 Å². The highest BCUT2D eigenvalue weighted by atomic mass is 35.5. The van der Waals surface area contributed by atoms with Crippen molar-refractivity contribution in [3.63, 3.8) is 0 Å². The highest BCUT2D eigenvalue weighted by Crippen LogP contribution is 2.34. The van der Waals surface area contributed by atoms with E-state index in [2.05, 4.69) is 17.2 Å². The minimum Gasteiger partial charge on any atom is -0.301 e. The molecule has 2 aromatic heterocycles. The first-order chi connectivity index (χ1) is 13.3. The van der Waals surface area contributed by atoms with Crippen molar-refractivity contribution in [2.45, 2.75) is 55.7 Å². The van der Waals surface area contributed by atoms with Crippen LogP contribution < -0.4 is 5.32 Å². The lowest BCUT2D eigenvalue weighted by molar-refractivity contribution is -0.120. The molecule has 1 N–H and O–H groups in total. The monoisotopic (exact) mass is 459 g/mol. The number of carbonyl (C=O) groups excluding carboxylic acids is 1. The molecule has 0 radical (unpaired) electrons. The number of anilines is 1. The predicted octanol–water partition coefficient (Wildman–Crippen LogP) is 4.16. The Bertz CT molecular complexity index is 985. The van der Waals surface area contributed by atoms with Crippen molar-refractivity contribution in [3.8, 4) is 0 Å². The van der Waals surface area contributed by atoms with Crippen LogP contribution in [0.25, 0.3) is 0 Å². The van der Waals surface area contributed by atoms with Crippen LogP contribution in [0.15, 0.2) is 16.3 Å². The number of amides is 1. The molecule has 1 aliphatic carbocycles. The van der Waals surface area contributed by atoms with Gasteiger partial charge in [-0.2, -0.15) is 4.31 Å². The summed E-state index contributed by atoms with van der Waals surface area (Å²) in [4.78, 5) is 18.8. The summed E-state index contributed by atoms with van der Waals surface area (Å²) in [5, 5.41) is 3.46. The summed E-state index contributed by atoms with van der Waals surface area (Å²) in [5.41, 5.74) is 1.07. The van der Waals surface area contributed by atoms with Gasteiger partial charge < -0.3 is 5.32 Å². The maximum Gasteiger partial charge on any atom is 0.253 e. The fourth-order valence-electron chi connectivity index (χ4n) is 3.79. The fourth-order valence-corrected chi connectivity index (χ4v) is 8.23. The second-order valence-corrected chi connectivity index (χ2v) is 12.3. The number of nitrogens with one attached hydrogen (secondary N) is 1. The van der Waals surface area contributed by atoms with Crippen LogP contribution in [0.4, 0.5) is 5.13 Å². The number of fused-ring (bicyclic) bond motifs is 1. The highest BCUT2D eigenvalue weighted by Gasteiger charge is 2.38. The van der Waals surface area contributed by atoms with Crippen molar-refractivity contribution in [1.82, 2.24) is 9.29 Å². The summed E-state index contributed by atoms with van der Waals surface area (Å²) >= 11 is 8.45. The number of hydrogen-bond donors (Lipinski definition) is 1. The van der Waals surface area contributed by atoms with Crippen molar-refractivity contribution in [2.75, 3.05) is 11.9 Å². The first-order valence-electron chi connectivity index (χ1n) is 9.41. The minimum atomic E-state index is -3.75. The molecule has 3 heterocycles. The molecule has 2 aliphatic rings. The molecule has 2 unspecified atom stereocenters. The quantitative estimate of drug-likeness (QED) is 0.744. The maximum atomic E-state index is 13.0. The molecule has 28 heavy (non-hydrogen) atoms. The Hall–Kier alpha value is -1.000. The number of sulfonamides is 1. The summed E-state index contributed by atoms with van der Waals surface area (Å²) in [5.74, 6) is 0.332. The molecular formula is C18H22ClN3O3S3. The van der Waals surface area contributed by atoms with Gasteiger partial charge in [0.2, 0.25) is 5.91 Å². The molecular weight excluding hydrogens is 438 g/mol. The Morgan fingerprint density at radius 2 is 2.11 bits per heavy atom. The zero-order valence-electron chi connectivity index (χ0n) is 15.5. The van der Waals surface area contributed by atoms with E-state index in [1.165, 1.54) is 26.6 Å². The molecule has 1 amide bonds. The molecule has 2 atom stereocenters. The lowest BCUT2D eigenvalue weighted by Crippen LogP contribution is -2.49. The zero-order chi connectivity index (χ0) is 19.9. The van der Waals surface area contributed by atoms with Gasteiger partial charge in [-0.25, -0.2) is 13.4 Å². The number of piperidine rings is 1. The second-order valence-electron chi connectivity index (χ2n) is 7.41. The maximum absolute atomic E-state index is 13.0. The highest BCUT2D eigenvalue weighted by molar-refractivity contribution is 7.91. The smallest absolute Gasteiger partial charge is 0.253 e. The topological polar surface area (TPSA) is 79.4 Å². The second kappa shape index (κ2) is 8.02. The van der Waals surface area contributed by atoms with Gasteiger partial charge in [-0.1, -0.05) is 24.9 Å². The molecule has 0 spiro atoms. The summed E-state index contributed by atoms with van der Waals surface area (Å²) in [6.45, 7) is 2.56. The van der Waals surface area contributed by atoms with E-state index >= 15 is 0 Å². The summed E-state index contributed by atoms with van der Waals surface area (Å²) in [6, 6.07) is 2.35. The molecule has 10 heteroatoms. The summed E-state index contributed by atoms with van der Waals surface area (Å²) in [6.07, 6.45) is 5.11. The molecule has 0 bridgehead atoms. The van der Waals surface area contributed by atoms with Crippen LogP contribution in [0.1, 0.15) is 43.2 Å². The Kier molecular flexibility index (Phi) is 5.81. The van der Waals surface area contributed by atoms with Gasteiger partial charge in [0.25, 0.3) is 10.0 Å². The normalized spacial score (nSPS) is 23.4. The Balaban J connectivity index is 1.54. The molecule has 0 aromatic carbocycles. The average molecular weight is 460 g/mol. The number of hydrogen-bond acceptors (Lipinski definition) is 6. The van der Waals surface area contributed by atoms with Crippen LogP contribution in [-0.4, -0.2) is 36.2 Å². The van der Waals surface area contributed by atoms with Gasteiger partial charge in [-0.15, -0.1) is 22.7 Å². The molecule has 152 valence electrons. The van der Waals surface area contributed by atoms with E-state index in [-0.39, 0.29) is 10.1 Å². The lowest BCUT2D eigenvalue weighted by Gasteiger charge is -2.32. The number of thiophene rings is 1. The molecule has 0 saturated carbocycles. The Morgan fingerprint density at radius 3 is 2.86 bits per heavy atom. The van der Waals surface area contributed by atoms with Crippen LogP contribution in [0.2, 0.25) is 4.34 Å². The van der Waals surface area contributed by atoms with Gasteiger partial charge in [-0.05, 0) is 50.2 Å². The number of rotatable bonds is 4. The third-order valence-corrected chi connectivity index (χ3v) is 9.93. The van der Waals surface area contributed by atoms with Crippen LogP contribution in [0.5, 0.6) is 0 Å². The number of nitrogens with zero attached hydrogens (tertiary/aromatic N) is 2. The fraction of sp³-hybridized carbons (Fsp3) is 0.556. The Labute approximate surface area is 178 Å². The molecule has 1 saturated heterocycles. The van der Waals surface area contributed by atoms with Gasteiger partial charge in [0.1, 0.15) is 10.3 Å². The first-order valence-corrected chi connectivity index (χ1v) is 12.9. The van der Waals surface area contributed by atoms with E-state index in [9.17, 15) is 13.2 Å². The van der Waals surface area contributed by atoms with Crippen molar-refractivity contribution >= 4 is 55.3 Å². The van der Waals surface area contributed by atoms with Crippen molar-refractivity contribution in [3.05, 3.63) is 27.0 Å². The molecule has 6 nitrogen and oxygen atoms in total. The van der Waals surface area contributed by atoms with Crippen LogP contribution >= 0.6 is 34.3 Å². The predicted molar refractivity (Wildman–Crippen MR) is 113 cm³/mol. The summed E-state index contributed by atoms with van der Waals surface area (Å²) < 4.78 is 28.0. The lowest BCUT2D eigenvalue weighted by atomic mass is 9.93. The number of aryl methyl sites for hydroxylation is 1. The summed E-state index contributed by atoms with van der Waals surface area (Å²) in [7, 11) is -3.75. The van der Waals surface area contributed by atoms with Gasteiger partial charge in [0.05, 0.1) is 10.0 Å². The Morgan fingerprint density at radius 1 is 1.29 bits per heavy atom. The zero-order valence-corrected chi connectivity index (χ0v) is 18.7. The van der Waals surface area contributed by atoms with Crippen molar-refractivity contribution in [1.29, 1.82) is 0 Å². The third-order valence-electron chi connectivity index (χ3n) is 5.28. The van der Waals surface area contributed by atoms with Crippen molar-refractivity contribution < 1.29 is 13.2 Å². The number of thiazole rings is 1. The van der Waals surface area contributed by atoms with E-state index in [1.54, 1.807) is 6.07 Å². The minimum absolute atomic E-state index is 0.177. The molecule has 4 rings (SSSR count). The molecule has 1 fully saturated rings. The third kappa shape index (κ3) is 4.00. The number of carbonyl (C=O) groups is 1. The molecule has 2 aromatic rings. The largest absolute Gasteiger partial charge is 0.301 e. The molecule has 1 aliphatic heterocycles. The van der Waals surface area contributed by atoms with E-state index in [4.69, 9.17) is 11.6 Å². The average Bonchev–Trinajstić information content (AvgIpc) is 3.27. The number of halogens is 1. The SMILES string of the molecule is CC1CCc2nc(NC(=O)C3CCCCN3S(=O)(=O)c3ccc(Cl)s3)sc2C1. The van der Waals surface area contributed by atoms with Gasteiger partial charge in [-0.3, -0.25) is 4.79 Å². The van der Waals surface area contributed by atoms with Gasteiger partial charge in [0.15, 0.2) is 5.13 Å². The van der Waals surface area contributed by atoms with Crippen LogP contribution in [0.3, 0.4) is 0 Å². The number of aromatic nitrogens is 1. The van der Waals surface area contributed by atoms with E-state index < -0.39 is 16.1 Å². The van der Waals surface area contributed by atoms with Crippen LogP contribution in [0, 0.1) is 5.92 Å². The standard InChI is InChI=1S/C18H22ClN3O3S3/c1-11-5-6-12-14(10-11)26-18(20-12)21-17(23)13-4-2-3-9-22(13)28(24,25)16-8-7-15(19)27-16/h7-8,11,13H,2-6,9-10H2,1H3,(H,20,21,23).